The van der Waals surface area contributed by atoms with Gasteiger partial charge in [-0.25, -0.2) is 18.2 Å². The van der Waals surface area contributed by atoms with Gasteiger partial charge in [-0.15, -0.1) is 0 Å². The average Bonchev–Trinajstić information content (AvgIpc) is 2.54. The number of carboxylic acid groups (broad SMARTS) is 1. The minimum absolute atomic E-state index is 0.0848. The Balaban J connectivity index is 2.27. The molecule has 0 radical (unpaired) electrons. The zero-order chi connectivity index (χ0) is 19.3. The van der Waals surface area contributed by atoms with E-state index in [-0.39, 0.29) is 22.4 Å². The molecule has 0 saturated carbocycles. The van der Waals surface area contributed by atoms with Crippen LogP contribution in [0.15, 0.2) is 41.3 Å². The smallest absolute Gasteiger partial charge is 0.354 e. The molecule has 0 aliphatic heterocycles. The van der Waals surface area contributed by atoms with Crippen LogP contribution in [0, 0.1) is 0 Å². The van der Waals surface area contributed by atoms with E-state index >= 15 is 0 Å². The highest BCUT2D eigenvalue weighted by Gasteiger charge is 2.13. The van der Waals surface area contributed by atoms with Crippen LogP contribution >= 0.6 is 0 Å². The Kier molecular flexibility index (Phi) is 6.17. The summed E-state index contributed by atoms with van der Waals surface area (Å²) in [5.74, 6) is -0.227. The minimum Gasteiger partial charge on any atom is -0.477 e. The van der Waals surface area contributed by atoms with Crippen LogP contribution in [0.2, 0.25) is 0 Å². The molecular formula is C17H20N2O6S. The fourth-order valence-electron chi connectivity index (χ4n) is 2.18. The molecule has 0 aliphatic carbocycles. The molecule has 1 heterocycles. The molecule has 26 heavy (non-hydrogen) atoms. The number of aromatic nitrogens is 1. The second-order valence-electron chi connectivity index (χ2n) is 5.72. The molecule has 0 bridgehead atoms. The third-order valence-electron chi connectivity index (χ3n) is 3.32. The van der Waals surface area contributed by atoms with E-state index in [0.29, 0.717) is 18.2 Å². The van der Waals surface area contributed by atoms with E-state index in [9.17, 15) is 18.3 Å². The summed E-state index contributed by atoms with van der Waals surface area (Å²) in [6, 6.07) is 8.60. The number of benzene rings is 1. The van der Waals surface area contributed by atoms with Gasteiger partial charge in [0.05, 0.1) is 11.5 Å². The molecule has 1 aromatic heterocycles. The van der Waals surface area contributed by atoms with Gasteiger partial charge >= 0.3 is 5.97 Å². The van der Waals surface area contributed by atoms with Gasteiger partial charge in [0, 0.05) is 31.5 Å². The van der Waals surface area contributed by atoms with Gasteiger partial charge in [-0.2, -0.15) is 0 Å². The highest BCUT2D eigenvalue weighted by atomic mass is 32.2. The zero-order valence-corrected chi connectivity index (χ0v) is 15.4. The number of nitrogens with one attached hydrogen (secondary N) is 1. The summed E-state index contributed by atoms with van der Waals surface area (Å²) in [6.07, 6.45) is 1.12. The van der Waals surface area contributed by atoms with Crippen LogP contribution in [-0.4, -0.2) is 50.5 Å². The van der Waals surface area contributed by atoms with Gasteiger partial charge in [0.25, 0.3) is 0 Å². The Morgan fingerprint density at radius 3 is 2.42 bits per heavy atom. The highest BCUT2D eigenvalue weighted by Crippen LogP contribution is 2.26. The second-order valence-corrected chi connectivity index (χ2v) is 7.74. The van der Waals surface area contributed by atoms with E-state index in [2.05, 4.69) is 10.3 Å². The lowest BCUT2D eigenvalue weighted by atomic mass is 10.3. The molecular weight excluding hydrogens is 360 g/mol. The van der Waals surface area contributed by atoms with Crippen LogP contribution in [-0.2, 0) is 14.6 Å². The Morgan fingerprint density at radius 1 is 1.23 bits per heavy atom. The molecule has 140 valence electrons. The lowest BCUT2D eigenvalue weighted by Crippen LogP contribution is -2.22. The van der Waals surface area contributed by atoms with Crippen molar-refractivity contribution in [1.82, 2.24) is 4.98 Å². The highest BCUT2D eigenvalue weighted by molar-refractivity contribution is 7.90. The second kappa shape index (κ2) is 8.15. The number of nitrogens with zero attached hydrogens (tertiary/aromatic N) is 1. The van der Waals surface area contributed by atoms with Gasteiger partial charge in [0.15, 0.2) is 15.5 Å². The molecule has 1 atom stereocenters. The molecule has 0 spiro atoms. The van der Waals surface area contributed by atoms with Gasteiger partial charge in [-0.05, 0) is 31.2 Å². The first-order valence-corrected chi connectivity index (χ1v) is 9.57. The summed E-state index contributed by atoms with van der Waals surface area (Å²) in [5.41, 5.74) is -0.178. The molecule has 9 heteroatoms. The van der Waals surface area contributed by atoms with Crippen molar-refractivity contribution >= 4 is 21.6 Å². The fraction of sp³-hybridized carbons (Fsp3) is 0.294. The van der Waals surface area contributed by atoms with Gasteiger partial charge in [0.1, 0.15) is 17.3 Å². The molecule has 2 N–H and O–H groups in total. The lowest BCUT2D eigenvalue weighted by Gasteiger charge is -2.15. The predicted molar refractivity (Wildman–Crippen MR) is 95.8 cm³/mol. The molecule has 2 aromatic rings. The van der Waals surface area contributed by atoms with Crippen LogP contribution in [0.4, 0.5) is 5.82 Å². The zero-order valence-electron chi connectivity index (χ0n) is 14.6. The molecule has 0 fully saturated rings. The maximum atomic E-state index is 11.5. The molecule has 8 nitrogen and oxygen atoms in total. The van der Waals surface area contributed by atoms with Crippen LogP contribution < -0.4 is 10.1 Å². The van der Waals surface area contributed by atoms with Crippen molar-refractivity contribution in [1.29, 1.82) is 0 Å². The van der Waals surface area contributed by atoms with E-state index in [1.165, 1.54) is 30.3 Å². The van der Waals surface area contributed by atoms with Gasteiger partial charge in [-0.3, -0.25) is 0 Å². The van der Waals surface area contributed by atoms with Crippen molar-refractivity contribution in [2.24, 2.45) is 0 Å². The monoisotopic (exact) mass is 380 g/mol. The van der Waals surface area contributed by atoms with E-state index in [1.54, 1.807) is 13.2 Å². The minimum atomic E-state index is -3.30. The fourth-order valence-corrected chi connectivity index (χ4v) is 2.81. The SMILES string of the molecule is COCC(C)Nc1cc(Oc2ccc(S(C)(=O)=O)cc2)cc(C(=O)O)n1. The third kappa shape index (κ3) is 5.43. The number of pyridine rings is 1. The summed E-state index contributed by atoms with van der Waals surface area (Å²) in [5, 5.41) is 12.3. The van der Waals surface area contributed by atoms with E-state index < -0.39 is 15.8 Å². The number of rotatable bonds is 8. The quantitative estimate of drug-likeness (QED) is 0.717. The first-order chi connectivity index (χ1) is 12.2. The number of ether oxygens (including phenoxy) is 2. The van der Waals surface area contributed by atoms with Gasteiger partial charge in [0.2, 0.25) is 0 Å². The normalized spacial score (nSPS) is 12.4. The van der Waals surface area contributed by atoms with Crippen LogP contribution in [0.3, 0.4) is 0 Å². The number of anilines is 1. The van der Waals surface area contributed by atoms with Crippen molar-refractivity contribution in [2.75, 3.05) is 25.3 Å². The van der Waals surface area contributed by atoms with E-state index in [4.69, 9.17) is 9.47 Å². The standard InChI is InChI=1S/C17H20N2O6S/c1-11(10-24-2)18-16-9-13(8-15(19-16)17(20)21)25-12-4-6-14(7-5-12)26(3,22)23/h4-9,11H,10H2,1-3H3,(H,18,19)(H,20,21). The lowest BCUT2D eigenvalue weighted by molar-refractivity contribution is 0.0690. The molecule has 0 aliphatic rings. The molecule has 0 saturated heterocycles. The summed E-state index contributed by atoms with van der Waals surface area (Å²) < 4.78 is 33.7. The Hall–Kier alpha value is -2.65. The number of methoxy groups -OCH3 is 1. The Labute approximate surface area is 151 Å². The van der Waals surface area contributed by atoms with Crippen molar-refractivity contribution < 1.29 is 27.8 Å². The van der Waals surface area contributed by atoms with Crippen molar-refractivity contribution in [3.63, 3.8) is 0 Å². The topological polar surface area (TPSA) is 115 Å². The largest absolute Gasteiger partial charge is 0.477 e. The molecule has 0 amide bonds. The average molecular weight is 380 g/mol. The molecule has 1 unspecified atom stereocenters. The van der Waals surface area contributed by atoms with Gasteiger partial charge < -0.3 is 19.9 Å². The van der Waals surface area contributed by atoms with E-state index in [1.807, 2.05) is 6.92 Å². The Morgan fingerprint density at radius 2 is 1.88 bits per heavy atom. The Bertz CT molecular complexity index is 881. The van der Waals surface area contributed by atoms with Gasteiger partial charge in [-0.1, -0.05) is 0 Å². The van der Waals surface area contributed by atoms with Crippen LogP contribution in [0.1, 0.15) is 17.4 Å². The van der Waals surface area contributed by atoms with Crippen molar-refractivity contribution in [2.45, 2.75) is 17.9 Å². The van der Waals surface area contributed by atoms with Crippen LogP contribution in [0.25, 0.3) is 0 Å². The number of hydrogen-bond acceptors (Lipinski definition) is 7. The number of carbonyl (C=O) groups is 1. The van der Waals surface area contributed by atoms with Crippen molar-refractivity contribution in [3.8, 4) is 11.5 Å². The summed E-state index contributed by atoms with van der Waals surface area (Å²) in [4.78, 5) is 15.5. The first kappa shape index (κ1) is 19.7. The number of hydrogen-bond donors (Lipinski definition) is 2. The van der Waals surface area contributed by atoms with E-state index in [0.717, 1.165) is 6.26 Å². The molecule has 1 aromatic carbocycles. The predicted octanol–water partition coefficient (Wildman–Crippen LogP) is 2.42. The number of sulfone groups is 1. The third-order valence-corrected chi connectivity index (χ3v) is 4.44. The van der Waals surface area contributed by atoms with Crippen molar-refractivity contribution in [3.05, 3.63) is 42.1 Å². The molecule has 2 rings (SSSR count). The first-order valence-electron chi connectivity index (χ1n) is 7.68. The summed E-state index contributed by atoms with van der Waals surface area (Å²) >= 11 is 0. The maximum Gasteiger partial charge on any atom is 0.354 e. The summed E-state index contributed by atoms with van der Waals surface area (Å²) in [6.45, 7) is 2.28. The number of aromatic carboxylic acids is 1. The van der Waals surface area contributed by atoms with Crippen LogP contribution in [0.5, 0.6) is 11.5 Å². The number of carboxylic acids is 1. The maximum absolute atomic E-state index is 11.5. The summed E-state index contributed by atoms with van der Waals surface area (Å²) in [7, 11) is -1.74.